The van der Waals surface area contributed by atoms with Gasteiger partial charge in [0.25, 0.3) is 0 Å². The molecule has 2 aromatic heterocycles. The van der Waals surface area contributed by atoms with Gasteiger partial charge in [-0.05, 0) is 42.0 Å². The Bertz CT molecular complexity index is 817. The lowest BCUT2D eigenvalue weighted by molar-refractivity contribution is 0.478. The summed E-state index contributed by atoms with van der Waals surface area (Å²) in [6.45, 7) is 5.15. The van der Waals surface area contributed by atoms with E-state index >= 15 is 0 Å². The van der Waals surface area contributed by atoms with E-state index in [4.69, 9.17) is 4.42 Å². The van der Waals surface area contributed by atoms with Crippen LogP contribution in [0.5, 0.6) is 0 Å². The molecule has 0 bridgehead atoms. The number of benzene rings is 1. The Morgan fingerprint density at radius 1 is 1.16 bits per heavy atom. The Morgan fingerprint density at radius 3 is 2.60 bits per heavy atom. The number of thioether (sulfide) groups is 1. The highest BCUT2D eigenvalue weighted by molar-refractivity contribution is 7.98. The fourth-order valence-electron chi connectivity index (χ4n) is 2.90. The first-order valence-corrected chi connectivity index (χ1v) is 9.86. The highest BCUT2D eigenvalue weighted by Gasteiger charge is 2.30. The molecule has 0 N–H and O–H groups in total. The summed E-state index contributed by atoms with van der Waals surface area (Å²) >= 11 is 1.75. The van der Waals surface area contributed by atoms with E-state index in [0.29, 0.717) is 18.4 Å². The maximum atomic E-state index is 5.53. The summed E-state index contributed by atoms with van der Waals surface area (Å²) in [5, 5.41) is 9.89. The van der Waals surface area contributed by atoms with Gasteiger partial charge in [-0.3, -0.25) is 4.57 Å². The standard InChI is InChI=1S/C20H23N3OS/c1-14(2)16-7-5-15(6-8-16)13-25-20-22-21-19(17-9-10-17)23(20)12-18-4-3-11-24-18/h3-8,11,14,17H,9-10,12-13H2,1-2H3. The number of rotatable bonds is 7. The molecule has 25 heavy (non-hydrogen) atoms. The maximum absolute atomic E-state index is 5.53. The van der Waals surface area contributed by atoms with Gasteiger partial charge in [-0.2, -0.15) is 0 Å². The molecule has 1 aliphatic carbocycles. The van der Waals surface area contributed by atoms with E-state index in [9.17, 15) is 0 Å². The molecule has 1 saturated carbocycles. The van der Waals surface area contributed by atoms with Gasteiger partial charge >= 0.3 is 0 Å². The molecule has 1 aliphatic rings. The predicted molar refractivity (Wildman–Crippen MR) is 99.9 cm³/mol. The van der Waals surface area contributed by atoms with Gasteiger partial charge in [-0.15, -0.1) is 10.2 Å². The van der Waals surface area contributed by atoms with Crippen LogP contribution >= 0.6 is 11.8 Å². The second-order valence-corrected chi connectivity index (χ2v) is 7.91. The molecule has 2 heterocycles. The van der Waals surface area contributed by atoms with Crippen molar-refractivity contribution in [3.8, 4) is 0 Å². The zero-order valence-corrected chi connectivity index (χ0v) is 15.5. The van der Waals surface area contributed by atoms with Crippen LogP contribution < -0.4 is 0 Å². The van der Waals surface area contributed by atoms with Crippen molar-refractivity contribution in [2.45, 2.75) is 56.0 Å². The van der Waals surface area contributed by atoms with Crippen LogP contribution in [0.2, 0.25) is 0 Å². The third-order valence-electron chi connectivity index (χ3n) is 4.60. The van der Waals surface area contributed by atoms with Crippen molar-refractivity contribution in [2.24, 2.45) is 0 Å². The zero-order valence-electron chi connectivity index (χ0n) is 14.7. The molecule has 0 atom stereocenters. The van der Waals surface area contributed by atoms with Crippen molar-refractivity contribution in [1.29, 1.82) is 0 Å². The summed E-state index contributed by atoms with van der Waals surface area (Å²) in [5.74, 6) is 4.10. The van der Waals surface area contributed by atoms with Gasteiger partial charge in [0.2, 0.25) is 0 Å². The van der Waals surface area contributed by atoms with Crippen molar-refractivity contribution in [1.82, 2.24) is 14.8 Å². The number of furan rings is 1. The van der Waals surface area contributed by atoms with Crippen molar-refractivity contribution < 1.29 is 4.42 Å². The number of aromatic nitrogens is 3. The van der Waals surface area contributed by atoms with Gasteiger partial charge < -0.3 is 4.42 Å². The van der Waals surface area contributed by atoms with Crippen molar-refractivity contribution >= 4 is 11.8 Å². The van der Waals surface area contributed by atoms with E-state index < -0.39 is 0 Å². The smallest absolute Gasteiger partial charge is 0.191 e. The normalized spacial score (nSPS) is 14.4. The Kier molecular flexibility index (Phi) is 4.66. The molecule has 0 radical (unpaired) electrons. The molecule has 1 aromatic carbocycles. The van der Waals surface area contributed by atoms with E-state index in [2.05, 4.69) is 52.9 Å². The molecule has 0 spiro atoms. The average Bonchev–Trinajstić information content (AvgIpc) is 3.18. The molecule has 3 aromatic rings. The number of nitrogens with zero attached hydrogens (tertiary/aromatic N) is 3. The first-order valence-electron chi connectivity index (χ1n) is 8.88. The molecular formula is C20H23N3OS. The zero-order chi connectivity index (χ0) is 17.2. The quantitative estimate of drug-likeness (QED) is 0.547. The highest BCUT2D eigenvalue weighted by atomic mass is 32.2. The minimum atomic E-state index is 0.569. The van der Waals surface area contributed by atoms with Crippen LogP contribution in [-0.4, -0.2) is 14.8 Å². The van der Waals surface area contributed by atoms with Gasteiger partial charge in [0, 0.05) is 11.7 Å². The Hall–Kier alpha value is -2.01. The van der Waals surface area contributed by atoms with Crippen molar-refractivity contribution in [3.05, 3.63) is 65.4 Å². The third-order valence-corrected chi connectivity index (χ3v) is 5.63. The highest BCUT2D eigenvalue weighted by Crippen LogP contribution is 2.40. The number of hydrogen-bond donors (Lipinski definition) is 0. The van der Waals surface area contributed by atoms with Gasteiger partial charge in [-0.1, -0.05) is 49.9 Å². The molecule has 1 fully saturated rings. The van der Waals surface area contributed by atoms with Gasteiger partial charge in [-0.25, -0.2) is 0 Å². The Morgan fingerprint density at radius 2 is 1.96 bits per heavy atom. The molecule has 4 rings (SSSR count). The molecule has 0 unspecified atom stereocenters. The molecule has 0 aliphatic heterocycles. The van der Waals surface area contributed by atoms with Gasteiger partial charge in [0.1, 0.15) is 11.6 Å². The van der Waals surface area contributed by atoms with Crippen molar-refractivity contribution in [3.63, 3.8) is 0 Å². The molecule has 0 saturated heterocycles. The van der Waals surface area contributed by atoms with Gasteiger partial charge in [0.15, 0.2) is 5.16 Å². The van der Waals surface area contributed by atoms with Crippen LogP contribution in [0.1, 0.15) is 61.2 Å². The van der Waals surface area contributed by atoms with E-state index in [1.807, 2.05) is 12.1 Å². The molecular weight excluding hydrogens is 330 g/mol. The minimum absolute atomic E-state index is 0.569. The number of hydrogen-bond acceptors (Lipinski definition) is 4. The maximum Gasteiger partial charge on any atom is 0.191 e. The Labute approximate surface area is 152 Å². The average molecular weight is 353 g/mol. The monoisotopic (exact) mass is 353 g/mol. The summed E-state index contributed by atoms with van der Waals surface area (Å²) in [5.41, 5.74) is 2.70. The lowest BCUT2D eigenvalue weighted by atomic mass is 10.0. The van der Waals surface area contributed by atoms with Crippen LogP contribution in [0.3, 0.4) is 0 Å². The van der Waals surface area contributed by atoms with Crippen LogP contribution in [0.4, 0.5) is 0 Å². The molecule has 0 amide bonds. The van der Waals surface area contributed by atoms with Crippen LogP contribution in [0.25, 0.3) is 0 Å². The first-order chi connectivity index (χ1) is 12.2. The van der Waals surface area contributed by atoms with E-state index in [-0.39, 0.29) is 0 Å². The fraction of sp³-hybridized carbons (Fsp3) is 0.400. The SMILES string of the molecule is CC(C)c1ccc(CSc2nnc(C3CC3)n2Cc2ccco2)cc1. The van der Waals surface area contributed by atoms with Crippen LogP contribution in [0, 0.1) is 0 Å². The largest absolute Gasteiger partial charge is 0.467 e. The summed E-state index contributed by atoms with van der Waals surface area (Å²) in [6.07, 6.45) is 4.16. The second kappa shape index (κ2) is 7.08. The summed E-state index contributed by atoms with van der Waals surface area (Å²) in [4.78, 5) is 0. The summed E-state index contributed by atoms with van der Waals surface area (Å²) in [6, 6.07) is 12.8. The second-order valence-electron chi connectivity index (χ2n) is 6.97. The van der Waals surface area contributed by atoms with Gasteiger partial charge in [0.05, 0.1) is 12.8 Å². The van der Waals surface area contributed by atoms with E-state index in [1.54, 1.807) is 18.0 Å². The van der Waals surface area contributed by atoms with Crippen molar-refractivity contribution in [2.75, 3.05) is 0 Å². The lowest BCUT2D eigenvalue weighted by Gasteiger charge is -2.09. The summed E-state index contributed by atoms with van der Waals surface area (Å²) in [7, 11) is 0. The Balaban J connectivity index is 1.50. The minimum Gasteiger partial charge on any atom is -0.467 e. The van der Waals surface area contributed by atoms with Crippen LogP contribution in [0.15, 0.2) is 52.2 Å². The predicted octanol–water partition coefficient (Wildman–Crippen LogP) is 5.21. The van der Waals surface area contributed by atoms with E-state index in [0.717, 1.165) is 22.5 Å². The third kappa shape index (κ3) is 3.82. The van der Waals surface area contributed by atoms with Crippen LogP contribution in [-0.2, 0) is 12.3 Å². The molecule has 130 valence electrons. The topological polar surface area (TPSA) is 43.9 Å². The molecule has 4 nitrogen and oxygen atoms in total. The first kappa shape index (κ1) is 16.5. The van der Waals surface area contributed by atoms with E-state index in [1.165, 1.54) is 24.0 Å². The molecule has 5 heteroatoms. The summed E-state index contributed by atoms with van der Waals surface area (Å²) < 4.78 is 7.76. The fourth-order valence-corrected chi connectivity index (χ4v) is 3.80. The lowest BCUT2D eigenvalue weighted by Crippen LogP contribution is -2.05.